The van der Waals surface area contributed by atoms with Gasteiger partial charge in [-0.3, -0.25) is 0 Å². The fraction of sp³-hybridized carbons (Fsp3) is 1.00. The first-order valence-electron chi connectivity index (χ1n) is 3.39. The molecule has 1 aliphatic heterocycles. The van der Waals surface area contributed by atoms with E-state index in [9.17, 15) is 0 Å². The lowest BCUT2D eigenvalue weighted by molar-refractivity contribution is 0.0288. The first-order chi connectivity index (χ1) is 4.41. The molecule has 1 saturated heterocycles. The highest BCUT2D eigenvalue weighted by molar-refractivity contribution is 6.79. The lowest BCUT2D eigenvalue weighted by atomic mass is 11.6. The molecule has 10 heavy (non-hydrogen) atoms. The molecule has 5 heteroatoms. The highest BCUT2D eigenvalue weighted by atomic mass is 28.5. The van der Waals surface area contributed by atoms with Crippen LogP contribution < -0.4 is 0 Å². The molecular weight excluding hydrogens is 164 g/mol. The topological polar surface area (TPSA) is 27.7 Å². The lowest BCUT2D eigenvalue weighted by Crippen LogP contribution is -2.54. The average molecular weight is 178 g/mol. The predicted molar refractivity (Wildman–Crippen MR) is 43.1 cm³/mol. The van der Waals surface area contributed by atoms with Crippen LogP contribution >= 0.6 is 0 Å². The smallest absolute Gasteiger partial charge is 0.324 e. The summed E-state index contributed by atoms with van der Waals surface area (Å²) in [7, 11) is -3.58. The van der Waals surface area contributed by atoms with E-state index in [1.807, 2.05) is 26.2 Å². The van der Waals surface area contributed by atoms with Gasteiger partial charge >= 0.3 is 17.1 Å². The van der Waals surface area contributed by atoms with Crippen molar-refractivity contribution in [3.05, 3.63) is 0 Å². The second kappa shape index (κ2) is 2.42. The highest BCUT2D eigenvalue weighted by Crippen LogP contribution is 2.21. The summed E-state index contributed by atoms with van der Waals surface area (Å²) in [4.78, 5) is 0. The summed E-state index contributed by atoms with van der Waals surface area (Å²) in [5.41, 5.74) is 0. The van der Waals surface area contributed by atoms with E-state index in [4.69, 9.17) is 13.0 Å². The fourth-order valence-electron chi connectivity index (χ4n) is 0.964. The van der Waals surface area contributed by atoms with Crippen LogP contribution in [-0.4, -0.2) is 23.9 Å². The van der Waals surface area contributed by atoms with Gasteiger partial charge in [-0.05, 0) is 26.2 Å². The summed E-state index contributed by atoms with van der Waals surface area (Å²) < 4.78 is 16.4. The Bertz CT molecular complexity index is 121. The van der Waals surface area contributed by atoms with E-state index in [2.05, 4.69) is 0 Å². The monoisotopic (exact) mass is 178 g/mol. The third-order valence-corrected chi connectivity index (χ3v) is 6.86. The first-order valence-corrected chi connectivity index (χ1v) is 9.03. The van der Waals surface area contributed by atoms with Crippen LogP contribution in [-0.2, 0) is 13.0 Å². The van der Waals surface area contributed by atoms with Crippen LogP contribution in [0.3, 0.4) is 0 Å². The fourth-order valence-corrected chi connectivity index (χ4v) is 6.97. The van der Waals surface area contributed by atoms with Gasteiger partial charge in [-0.2, -0.15) is 0 Å². The molecule has 0 aromatic heterocycles. The van der Waals surface area contributed by atoms with E-state index in [0.717, 1.165) is 0 Å². The zero-order valence-corrected chi connectivity index (χ0v) is 8.93. The molecule has 0 saturated carbocycles. The number of hydrogen-bond acceptors (Lipinski definition) is 3. The maximum atomic E-state index is 5.69. The normalized spacial score (nSPS) is 30.0. The number of rotatable bonds is 0. The molecule has 0 aliphatic carbocycles. The molecule has 0 amide bonds. The van der Waals surface area contributed by atoms with Gasteiger partial charge in [-0.1, -0.05) is 0 Å². The molecule has 0 unspecified atom stereocenters. The van der Waals surface area contributed by atoms with Crippen molar-refractivity contribution >= 4 is 17.1 Å². The summed E-state index contributed by atoms with van der Waals surface area (Å²) in [6.45, 7) is 8.61. The van der Waals surface area contributed by atoms with Gasteiger partial charge in [-0.15, -0.1) is 0 Å². The van der Waals surface area contributed by atoms with Gasteiger partial charge in [-0.25, -0.2) is 0 Å². The molecule has 0 spiro atoms. The van der Waals surface area contributed by atoms with Gasteiger partial charge < -0.3 is 13.0 Å². The van der Waals surface area contributed by atoms with Gasteiger partial charge in [0.2, 0.25) is 0 Å². The molecule has 3 nitrogen and oxygen atoms in total. The Labute approximate surface area is 63.8 Å². The molecule has 1 rings (SSSR count). The Hall–Kier alpha value is 0.314. The van der Waals surface area contributed by atoms with Crippen molar-refractivity contribution in [3.8, 4) is 0 Å². The van der Waals surface area contributed by atoms with Crippen LogP contribution in [0, 0.1) is 0 Å². The Morgan fingerprint density at radius 1 is 0.900 bits per heavy atom. The van der Waals surface area contributed by atoms with Crippen molar-refractivity contribution in [2.45, 2.75) is 26.2 Å². The van der Waals surface area contributed by atoms with Crippen molar-refractivity contribution in [2.24, 2.45) is 0 Å². The Kier molecular flexibility index (Phi) is 2.03. The predicted octanol–water partition coefficient (Wildman–Crippen LogP) is 1.41. The van der Waals surface area contributed by atoms with E-state index >= 15 is 0 Å². The quantitative estimate of drug-likeness (QED) is 0.525. The van der Waals surface area contributed by atoms with Gasteiger partial charge in [0.05, 0.1) is 0 Å². The summed E-state index contributed by atoms with van der Waals surface area (Å²) >= 11 is 0. The van der Waals surface area contributed by atoms with E-state index in [1.165, 1.54) is 0 Å². The van der Waals surface area contributed by atoms with E-state index in [0.29, 0.717) is 6.79 Å². The third kappa shape index (κ3) is 2.17. The van der Waals surface area contributed by atoms with Crippen molar-refractivity contribution in [2.75, 3.05) is 6.79 Å². The average Bonchev–Trinajstić information content (AvgIpc) is 1.56. The van der Waals surface area contributed by atoms with Crippen LogP contribution in [0.1, 0.15) is 0 Å². The van der Waals surface area contributed by atoms with Crippen molar-refractivity contribution in [1.29, 1.82) is 0 Å². The second-order valence-corrected chi connectivity index (χ2v) is 10.3. The van der Waals surface area contributed by atoms with Gasteiger partial charge in [0.15, 0.2) is 0 Å². The molecule has 0 aromatic carbocycles. The Morgan fingerprint density at radius 2 is 1.30 bits per heavy atom. The van der Waals surface area contributed by atoms with Crippen LogP contribution in [0.4, 0.5) is 0 Å². The molecule has 0 atom stereocenters. The largest absolute Gasteiger partial charge is 0.415 e. The Balaban J connectivity index is 2.56. The zero-order valence-electron chi connectivity index (χ0n) is 6.93. The van der Waals surface area contributed by atoms with Crippen molar-refractivity contribution in [1.82, 2.24) is 0 Å². The minimum atomic E-state index is -1.79. The molecule has 0 bridgehead atoms. The SMILES string of the molecule is C[Si]1(C)OCO[Si](C)(C)O1. The summed E-state index contributed by atoms with van der Waals surface area (Å²) in [5.74, 6) is 0. The summed E-state index contributed by atoms with van der Waals surface area (Å²) in [6.07, 6.45) is 0. The molecule has 0 aromatic rings. The first kappa shape index (κ1) is 8.41. The summed E-state index contributed by atoms with van der Waals surface area (Å²) in [6, 6.07) is 0. The minimum absolute atomic E-state index is 0.429. The lowest BCUT2D eigenvalue weighted by Gasteiger charge is -2.37. The molecule has 1 fully saturated rings. The molecule has 1 heterocycles. The Morgan fingerprint density at radius 3 is 1.50 bits per heavy atom. The second-order valence-electron chi connectivity index (χ2n) is 3.31. The molecule has 60 valence electrons. The highest BCUT2D eigenvalue weighted by Gasteiger charge is 2.40. The van der Waals surface area contributed by atoms with E-state index < -0.39 is 17.1 Å². The molecule has 0 radical (unpaired) electrons. The van der Waals surface area contributed by atoms with Gasteiger partial charge in [0.25, 0.3) is 0 Å². The van der Waals surface area contributed by atoms with Crippen molar-refractivity contribution in [3.63, 3.8) is 0 Å². The van der Waals surface area contributed by atoms with Crippen LogP contribution in [0.2, 0.25) is 26.2 Å². The van der Waals surface area contributed by atoms with E-state index in [1.54, 1.807) is 0 Å². The van der Waals surface area contributed by atoms with Gasteiger partial charge in [0, 0.05) is 0 Å². The molecule has 0 N–H and O–H groups in total. The maximum Gasteiger partial charge on any atom is 0.324 e. The summed E-state index contributed by atoms with van der Waals surface area (Å²) in [5, 5.41) is 0. The zero-order chi connectivity index (χ0) is 7.83. The number of hydrogen-bond donors (Lipinski definition) is 0. The van der Waals surface area contributed by atoms with Gasteiger partial charge in [0.1, 0.15) is 6.79 Å². The molecule has 1 aliphatic rings. The molecular formula is C5H14O3Si2. The van der Waals surface area contributed by atoms with E-state index in [-0.39, 0.29) is 0 Å². The van der Waals surface area contributed by atoms with Crippen LogP contribution in [0.5, 0.6) is 0 Å². The van der Waals surface area contributed by atoms with Crippen LogP contribution in [0.25, 0.3) is 0 Å². The third-order valence-electron chi connectivity index (χ3n) is 1.30. The standard InChI is InChI=1S/C5H14O3Si2/c1-9(2)6-5-7-10(3,4)8-9/h5H2,1-4H3. The van der Waals surface area contributed by atoms with Crippen molar-refractivity contribution < 1.29 is 13.0 Å². The maximum absolute atomic E-state index is 5.69. The minimum Gasteiger partial charge on any atom is -0.415 e. The van der Waals surface area contributed by atoms with Crippen LogP contribution in [0.15, 0.2) is 0 Å².